The Morgan fingerprint density at radius 1 is 1.46 bits per heavy atom. The molecule has 0 fully saturated rings. The van der Waals surface area contributed by atoms with Gasteiger partial charge in [-0.2, -0.15) is 0 Å². The smallest absolute Gasteiger partial charge is 0.258 e. The molecule has 1 aromatic heterocycles. The molecule has 0 saturated carbocycles. The number of hydrogen-bond donors (Lipinski definition) is 0. The van der Waals surface area contributed by atoms with Gasteiger partial charge in [0.05, 0.1) is 4.92 Å². The van der Waals surface area contributed by atoms with Crippen LogP contribution in [-0.4, -0.2) is 9.91 Å². The van der Waals surface area contributed by atoms with Crippen molar-refractivity contribution < 1.29 is 4.92 Å². The van der Waals surface area contributed by atoms with E-state index in [2.05, 4.69) is 52.8 Å². The largest absolute Gasteiger partial charge is 0.302 e. The molecular formula is C6H3Br3N2O2. The molecule has 1 rings (SSSR count). The first-order valence-corrected chi connectivity index (χ1v) is 5.82. The highest BCUT2D eigenvalue weighted by molar-refractivity contribution is 9.11. The summed E-state index contributed by atoms with van der Waals surface area (Å²) < 4.78 is 0.830. The Kier molecular flexibility index (Phi) is 3.81. The Morgan fingerprint density at radius 3 is 2.54 bits per heavy atom. The number of rotatable bonds is 2. The van der Waals surface area contributed by atoms with Crippen molar-refractivity contribution in [2.24, 2.45) is 0 Å². The maximum atomic E-state index is 10.5. The summed E-state index contributed by atoms with van der Waals surface area (Å²) in [6, 6.07) is 1.47. The van der Waals surface area contributed by atoms with Crippen LogP contribution in [0.4, 0.5) is 5.69 Å². The van der Waals surface area contributed by atoms with Crippen LogP contribution in [0.15, 0.2) is 15.3 Å². The van der Waals surface area contributed by atoms with Crippen LogP contribution >= 0.6 is 47.8 Å². The van der Waals surface area contributed by atoms with Crippen molar-refractivity contribution in [3.05, 3.63) is 31.0 Å². The van der Waals surface area contributed by atoms with Crippen LogP contribution in [0.25, 0.3) is 0 Å². The summed E-state index contributed by atoms with van der Waals surface area (Å²) in [4.78, 5) is 14.0. The summed E-state index contributed by atoms with van der Waals surface area (Å²) >= 11 is 9.42. The van der Waals surface area contributed by atoms with E-state index in [1.54, 1.807) is 0 Å². The van der Waals surface area contributed by atoms with E-state index in [4.69, 9.17) is 0 Å². The van der Waals surface area contributed by atoms with Crippen molar-refractivity contribution in [3.8, 4) is 0 Å². The van der Waals surface area contributed by atoms with Crippen molar-refractivity contribution in [1.82, 2.24) is 4.98 Å². The Hall–Kier alpha value is -0.0100. The fraction of sp³-hybridized carbons (Fsp3) is 0.167. The first kappa shape index (κ1) is 11.1. The maximum absolute atomic E-state index is 10.5. The lowest BCUT2D eigenvalue weighted by molar-refractivity contribution is -0.386. The van der Waals surface area contributed by atoms with E-state index in [9.17, 15) is 10.1 Å². The van der Waals surface area contributed by atoms with Gasteiger partial charge in [-0.1, -0.05) is 15.9 Å². The topological polar surface area (TPSA) is 56.0 Å². The summed E-state index contributed by atoms with van der Waals surface area (Å²) in [7, 11) is 0. The van der Waals surface area contributed by atoms with Crippen LogP contribution in [0.3, 0.4) is 0 Å². The van der Waals surface area contributed by atoms with E-state index < -0.39 is 4.92 Å². The first-order chi connectivity index (χ1) is 6.06. The number of alkyl halides is 1. The van der Waals surface area contributed by atoms with Gasteiger partial charge in [-0.05, 0) is 31.9 Å². The Balaban J connectivity index is 3.30. The van der Waals surface area contributed by atoms with E-state index in [-0.39, 0.29) is 10.3 Å². The molecule has 0 aromatic carbocycles. The second-order valence-electron chi connectivity index (χ2n) is 2.14. The van der Waals surface area contributed by atoms with Gasteiger partial charge in [0.15, 0.2) is 4.60 Å². The average molecular weight is 375 g/mol. The maximum Gasteiger partial charge on any atom is 0.302 e. The minimum absolute atomic E-state index is 0.0300. The van der Waals surface area contributed by atoms with Crippen molar-refractivity contribution in [2.75, 3.05) is 0 Å². The molecule has 0 unspecified atom stereocenters. The van der Waals surface area contributed by atoms with Gasteiger partial charge in [-0.25, -0.2) is 4.98 Å². The number of halogens is 3. The zero-order valence-electron chi connectivity index (χ0n) is 6.13. The summed E-state index contributed by atoms with van der Waals surface area (Å²) in [5, 5.41) is 11.0. The molecule has 70 valence electrons. The number of aromatic nitrogens is 1. The highest BCUT2D eigenvalue weighted by atomic mass is 79.9. The predicted molar refractivity (Wildman–Crippen MR) is 58.9 cm³/mol. The zero-order valence-corrected chi connectivity index (χ0v) is 10.9. The number of hydrogen-bond acceptors (Lipinski definition) is 3. The molecule has 0 atom stereocenters. The van der Waals surface area contributed by atoms with Crippen molar-refractivity contribution in [3.63, 3.8) is 0 Å². The average Bonchev–Trinajstić information content (AvgIpc) is 2.03. The number of nitro groups is 1. The molecule has 0 saturated heterocycles. The van der Waals surface area contributed by atoms with E-state index >= 15 is 0 Å². The van der Waals surface area contributed by atoms with Crippen LogP contribution < -0.4 is 0 Å². The number of nitrogens with zero attached hydrogens (tertiary/aromatic N) is 2. The summed E-state index contributed by atoms with van der Waals surface area (Å²) in [6.45, 7) is 0. The van der Waals surface area contributed by atoms with Gasteiger partial charge in [-0.3, -0.25) is 10.1 Å². The number of pyridine rings is 1. The van der Waals surface area contributed by atoms with Crippen molar-refractivity contribution in [2.45, 2.75) is 5.33 Å². The summed E-state index contributed by atoms with van der Waals surface area (Å²) in [5.74, 6) is 0. The minimum atomic E-state index is -0.477. The van der Waals surface area contributed by atoms with Gasteiger partial charge in [0, 0.05) is 17.0 Å². The molecular weight excluding hydrogens is 372 g/mol. The lowest BCUT2D eigenvalue weighted by Crippen LogP contribution is -1.95. The van der Waals surface area contributed by atoms with Crippen LogP contribution in [0.5, 0.6) is 0 Å². The van der Waals surface area contributed by atoms with Crippen LogP contribution in [0, 0.1) is 10.1 Å². The van der Waals surface area contributed by atoms with Gasteiger partial charge in [0.25, 0.3) is 0 Å². The highest BCUT2D eigenvalue weighted by Gasteiger charge is 2.16. The molecule has 0 aliphatic carbocycles. The van der Waals surface area contributed by atoms with Crippen LogP contribution in [-0.2, 0) is 5.33 Å². The molecule has 4 nitrogen and oxygen atoms in total. The van der Waals surface area contributed by atoms with Crippen LogP contribution in [0.2, 0.25) is 0 Å². The van der Waals surface area contributed by atoms with E-state index in [1.807, 2.05) is 0 Å². The second-order valence-corrected chi connectivity index (χ2v) is 4.20. The molecule has 0 aliphatic heterocycles. The molecule has 0 bridgehead atoms. The summed E-state index contributed by atoms with van der Waals surface area (Å²) in [5.41, 5.74) is 0.715. The summed E-state index contributed by atoms with van der Waals surface area (Å²) in [6.07, 6.45) is 0. The van der Waals surface area contributed by atoms with E-state index in [0.29, 0.717) is 9.93 Å². The van der Waals surface area contributed by atoms with Gasteiger partial charge in [0.1, 0.15) is 4.60 Å². The molecule has 1 aromatic rings. The predicted octanol–water partition coefficient (Wildman–Crippen LogP) is 3.41. The fourth-order valence-electron chi connectivity index (χ4n) is 0.721. The molecule has 7 heteroatoms. The molecule has 0 N–H and O–H groups in total. The van der Waals surface area contributed by atoms with Gasteiger partial charge in [-0.15, -0.1) is 0 Å². The van der Waals surface area contributed by atoms with Crippen molar-refractivity contribution in [1.29, 1.82) is 0 Å². The first-order valence-electron chi connectivity index (χ1n) is 3.11. The third-order valence-corrected chi connectivity index (χ3v) is 3.20. The Bertz CT molecular complexity index is 356. The fourth-order valence-corrected chi connectivity index (χ4v) is 2.63. The SMILES string of the molecule is O=[N+]([O-])c1cc(CBr)c(Br)nc1Br. The van der Waals surface area contributed by atoms with Gasteiger partial charge >= 0.3 is 5.69 Å². The monoisotopic (exact) mass is 372 g/mol. The molecule has 0 radical (unpaired) electrons. The molecule has 0 amide bonds. The molecule has 1 heterocycles. The second kappa shape index (κ2) is 4.47. The van der Waals surface area contributed by atoms with Gasteiger partial charge < -0.3 is 0 Å². The molecule has 0 aliphatic rings. The minimum Gasteiger partial charge on any atom is -0.258 e. The van der Waals surface area contributed by atoms with Crippen LogP contribution in [0.1, 0.15) is 5.56 Å². The third-order valence-electron chi connectivity index (χ3n) is 1.32. The highest BCUT2D eigenvalue weighted by Crippen LogP contribution is 2.28. The van der Waals surface area contributed by atoms with Crippen molar-refractivity contribution >= 4 is 53.5 Å². The van der Waals surface area contributed by atoms with E-state index in [1.165, 1.54) is 6.07 Å². The molecule has 0 spiro atoms. The van der Waals surface area contributed by atoms with E-state index in [0.717, 1.165) is 5.56 Å². The Morgan fingerprint density at radius 2 is 2.08 bits per heavy atom. The quantitative estimate of drug-likeness (QED) is 0.345. The van der Waals surface area contributed by atoms with Gasteiger partial charge in [0.2, 0.25) is 0 Å². The lowest BCUT2D eigenvalue weighted by Gasteiger charge is -2.00. The lowest BCUT2D eigenvalue weighted by atomic mass is 10.3. The Labute approximate surface area is 99.3 Å². The zero-order chi connectivity index (χ0) is 10.0. The standard InChI is InChI=1S/C6H3Br3N2O2/c7-2-3-1-4(11(12)13)6(9)10-5(3)8/h1H,2H2. The molecule has 13 heavy (non-hydrogen) atoms. The third kappa shape index (κ3) is 2.47. The normalized spacial score (nSPS) is 10.1.